The van der Waals surface area contributed by atoms with Gasteiger partial charge in [0.15, 0.2) is 11.6 Å². The van der Waals surface area contributed by atoms with E-state index in [1.807, 2.05) is 29.2 Å². The van der Waals surface area contributed by atoms with Crippen molar-refractivity contribution in [3.63, 3.8) is 0 Å². The van der Waals surface area contributed by atoms with Gasteiger partial charge in [0.2, 0.25) is 0 Å². The Morgan fingerprint density at radius 3 is 2.75 bits per heavy atom. The number of halogens is 2. The topological polar surface area (TPSA) is 42.1 Å². The average Bonchev–Trinajstić information content (AvgIpc) is 3.23. The highest BCUT2D eigenvalue weighted by atomic mass is 79.9. The second kappa shape index (κ2) is 5.40. The maximum absolute atomic E-state index is 14.1. The van der Waals surface area contributed by atoms with Crippen molar-refractivity contribution in [1.29, 1.82) is 0 Å². The molecule has 0 saturated heterocycles. The molecule has 104 valence electrons. The molecule has 2 N–H and O–H groups in total. The largest absolute Gasteiger partial charge is 0.398 e. The van der Waals surface area contributed by atoms with Gasteiger partial charge in [-0.1, -0.05) is 18.2 Å². The van der Waals surface area contributed by atoms with Crippen molar-refractivity contribution in [2.24, 2.45) is 0 Å². The van der Waals surface area contributed by atoms with Crippen LogP contribution in [0, 0.1) is 5.82 Å². The van der Waals surface area contributed by atoms with Gasteiger partial charge in [-0.25, -0.2) is 9.37 Å². The van der Waals surface area contributed by atoms with E-state index in [-0.39, 0.29) is 5.82 Å². The number of aromatic nitrogens is 1. The molecule has 0 spiro atoms. The molecule has 0 atom stereocenters. The summed E-state index contributed by atoms with van der Waals surface area (Å²) in [6.07, 6.45) is 3.77. The first-order chi connectivity index (χ1) is 9.65. The highest BCUT2D eigenvalue weighted by Crippen LogP contribution is 2.34. The molecule has 20 heavy (non-hydrogen) atoms. The molecule has 2 aromatic rings. The van der Waals surface area contributed by atoms with E-state index >= 15 is 0 Å². The van der Waals surface area contributed by atoms with E-state index in [2.05, 4.69) is 20.9 Å². The zero-order chi connectivity index (χ0) is 14.1. The molecule has 0 aliphatic heterocycles. The maximum Gasteiger partial charge on any atom is 0.166 e. The molecule has 1 aliphatic rings. The third kappa shape index (κ3) is 2.77. The summed E-state index contributed by atoms with van der Waals surface area (Å²) in [5.74, 6) is 0.0970. The van der Waals surface area contributed by atoms with Gasteiger partial charge >= 0.3 is 0 Å². The summed E-state index contributed by atoms with van der Waals surface area (Å²) in [4.78, 5) is 6.24. The number of nitrogen functional groups attached to an aromatic ring is 1. The van der Waals surface area contributed by atoms with Crippen molar-refractivity contribution in [3.05, 3.63) is 52.4 Å². The Morgan fingerprint density at radius 2 is 2.10 bits per heavy atom. The van der Waals surface area contributed by atoms with Crippen LogP contribution in [-0.4, -0.2) is 11.0 Å². The summed E-state index contributed by atoms with van der Waals surface area (Å²) in [6, 6.07) is 9.50. The van der Waals surface area contributed by atoms with Gasteiger partial charge in [0.25, 0.3) is 0 Å². The molecule has 0 bridgehead atoms. The van der Waals surface area contributed by atoms with Crippen LogP contribution in [0.3, 0.4) is 0 Å². The molecule has 5 heteroatoms. The minimum atomic E-state index is -0.305. The number of hydrogen-bond donors (Lipinski definition) is 1. The van der Waals surface area contributed by atoms with E-state index in [9.17, 15) is 4.39 Å². The standard InChI is InChI=1S/C15H15BrFN3/c16-11-7-13(17)15(19-8-11)20(12-5-6-12)9-10-3-1-2-4-14(10)18/h1-4,7-8,12H,5-6,9,18H2. The van der Waals surface area contributed by atoms with Crippen molar-refractivity contribution >= 4 is 27.4 Å². The van der Waals surface area contributed by atoms with Crippen LogP contribution in [0.5, 0.6) is 0 Å². The predicted molar refractivity (Wildman–Crippen MR) is 82.0 cm³/mol. The van der Waals surface area contributed by atoms with Gasteiger partial charge in [0.1, 0.15) is 0 Å². The minimum Gasteiger partial charge on any atom is -0.398 e. The second-order valence-electron chi connectivity index (χ2n) is 5.02. The van der Waals surface area contributed by atoms with Gasteiger partial charge in [0, 0.05) is 28.9 Å². The molecule has 1 heterocycles. The summed E-state index contributed by atoms with van der Waals surface area (Å²) in [5.41, 5.74) is 7.72. The van der Waals surface area contributed by atoms with Crippen molar-refractivity contribution < 1.29 is 4.39 Å². The lowest BCUT2D eigenvalue weighted by Crippen LogP contribution is -2.27. The molecule has 1 saturated carbocycles. The molecule has 1 aromatic heterocycles. The van der Waals surface area contributed by atoms with Gasteiger partial charge in [-0.05, 0) is 46.5 Å². The first-order valence-corrected chi connectivity index (χ1v) is 7.35. The van der Waals surface area contributed by atoms with Crippen LogP contribution in [0.2, 0.25) is 0 Å². The first-order valence-electron chi connectivity index (χ1n) is 6.56. The van der Waals surface area contributed by atoms with Crippen LogP contribution in [0.1, 0.15) is 18.4 Å². The van der Waals surface area contributed by atoms with Gasteiger partial charge in [-0.2, -0.15) is 0 Å². The number of para-hydroxylation sites is 1. The summed E-state index contributed by atoms with van der Waals surface area (Å²) in [5, 5.41) is 0. The van der Waals surface area contributed by atoms with Crippen molar-refractivity contribution in [3.8, 4) is 0 Å². The van der Waals surface area contributed by atoms with Crippen LogP contribution in [0.4, 0.5) is 15.9 Å². The number of hydrogen-bond acceptors (Lipinski definition) is 3. The van der Waals surface area contributed by atoms with E-state index in [0.717, 1.165) is 24.1 Å². The summed E-state index contributed by atoms with van der Waals surface area (Å²) < 4.78 is 14.8. The molecular weight excluding hydrogens is 321 g/mol. The highest BCUT2D eigenvalue weighted by molar-refractivity contribution is 9.10. The van der Waals surface area contributed by atoms with Gasteiger partial charge < -0.3 is 10.6 Å². The number of pyridine rings is 1. The van der Waals surface area contributed by atoms with E-state index in [1.165, 1.54) is 6.07 Å². The van der Waals surface area contributed by atoms with Crippen molar-refractivity contribution in [2.75, 3.05) is 10.6 Å². The van der Waals surface area contributed by atoms with Gasteiger partial charge in [0.05, 0.1) is 0 Å². The lowest BCUT2D eigenvalue weighted by Gasteiger charge is -2.24. The monoisotopic (exact) mass is 335 g/mol. The molecule has 0 unspecified atom stereocenters. The van der Waals surface area contributed by atoms with Crippen LogP contribution in [0.25, 0.3) is 0 Å². The molecule has 0 radical (unpaired) electrons. The highest BCUT2D eigenvalue weighted by Gasteiger charge is 2.32. The smallest absolute Gasteiger partial charge is 0.166 e. The van der Waals surface area contributed by atoms with Crippen LogP contribution < -0.4 is 10.6 Å². The third-order valence-corrected chi connectivity index (χ3v) is 3.88. The molecule has 3 nitrogen and oxygen atoms in total. The Morgan fingerprint density at radius 1 is 1.35 bits per heavy atom. The summed E-state index contributed by atoms with van der Waals surface area (Å²) in [6.45, 7) is 0.586. The molecule has 1 fully saturated rings. The lowest BCUT2D eigenvalue weighted by atomic mass is 10.1. The van der Waals surface area contributed by atoms with Crippen molar-refractivity contribution in [1.82, 2.24) is 4.98 Å². The first kappa shape index (κ1) is 13.4. The predicted octanol–water partition coefficient (Wildman–Crippen LogP) is 3.73. The van der Waals surface area contributed by atoms with Crippen LogP contribution in [-0.2, 0) is 6.54 Å². The zero-order valence-corrected chi connectivity index (χ0v) is 12.5. The Labute approximate surface area is 125 Å². The van der Waals surface area contributed by atoms with Crippen LogP contribution >= 0.6 is 15.9 Å². The van der Waals surface area contributed by atoms with E-state index in [0.29, 0.717) is 22.9 Å². The normalized spacial score (nSPS) is 14.3. The fourth-order valence-electron chi connectivity index (χ4n) is 2.24. The molecule has 1 aliphatic carbocycles. The zero-order valence-electron chi connectivity index (χ0n) is 10.9. The SMILES string of the molecule is Nc1ccccc1CN(c1ncc(Br)cc1F)C1CC1. The quantitative estimate of drug-likeness (QED) is 0.865. The van der Waals surface area contributed by atoms with Gasteiger partial charge in [-0.15, -0.1) is 0 Å². The summed E-state index contributed by atoms with van der Waals surface area (Å²) in [7, 11) is 0. The molecule has 3 rings (SSSR count). The third-order valence-electron chi connectivity index (χ3n) is 3.44. The summed E-state index contributed by atoms with van der Waals surface area (Å²) >= 11 is 3.24. The minimum absolute atomic E-state index is 0.305. The Bertz CT molecular complexity index is 628. The Balaban J connectivity index is 1.92. The number of rotatable bonds is 4. The molecule has 0 amide bonds. The average molecular weight is 336 g/mol. The number of nitrogens with two attached hydrogens (primary N) is 1. The van der Waals surface area contributed by atoms with E-state index in [1.54, 1.807) is 6.20 Å². The Hall–Kier alpha value is -1.62. The lowest BCUT2D eigenvalue weighted by molar-refractivity contribution is 0.605. The number of anilines is 2. The van der Waals surface area contributed by atoms with Crippen LogP contribution in [0.15, 0.2) is 41.0 Å². The maximum atomic E-state index is 14.1. The number of benzene rings is 1. The van der Waals surface area contributed by atoms with E-state index in [4.69, 9.17) is 5.73 Å². The van der Waals surface area contributed by atoms with Gasteiger partial charge in [-0.3, -0.25) is 0 Å². The molecular formula is C15H15BrFN3. The fourth-order valence-corrected chi connectivity index (χ4v) is 2.55. The Kier molecular flexibility index (Phi) is 3.61. The van der Waals surface area contributed by atoms with Crippen molar-refractivity contribution in [2.45, 2.75) is 25.4 Å². The number of nitrogens with zero attached hydrogens (tertiary/aromatic N) is 2. The molecule has 1 aromatic carbocycles. The fraction of sp³-hybridized carbons (Fsp3) is 0.267. The van der Waals surface area contributed by atoms with E-state index < -0.39 is 0 Å². The second-order valence-corrected chi connectivity index (χ2v) is 5.93.